The number of hydrogen-bond donors (Lipinski definition) is 0. The van der Waals surface area contributed by atoms with Crippen molar-refractivity contribution >= 4 is 15.9 Å². The summed E-state index contributed by atoms with van der Waals surface area (Å²) in [5, 5.41) is 0. The van der Waals surface area contributed by atoms with Gasteiger partial charge in [-0.25, -0.2) is 0 Å². The summed E-state index contributed by atoms with van der Waals surface area (Å²) < 4.78 is 12.2. The fourth-order valence-corrected chi connectivity index (χ4v) is 2.25. The summed E-state index contributed by atoms with van der Waals surface area (Å²) in [6, 6.07) is 8.27. The van der Waals surface area contributed by atoms with Crippen molar-refractivity contribution in [1.82, 2.24) is 0 Å². The molecular formula is C13H17BrO2. The minimum absolute atomic E-state index is 0.185. The first-order valence-electron chi connectivity index (χ1n) is 5.79. The predicted octanol–water partition coefficient (Wildman–Crippen LogP) is 3.71. The summed E-state index contributed by atoms with van der Waals surface area (Å²) in [6.07, 6.45) is 2.69. The van der Waals surface area contributed by atoms with Gasteiger partial charge in [0, 0.05) is 4.47 Å². The van der Waals surface area contributed by atoms with Crippen LogP contribution in [-0.2, 0) is 9.47 Å². The van der Waals surface area contributed by atoms with E-state index in [2.05, 4.69) is 41.1 Å². The van der Waals surface area contributed by atoms with Gasteiger partial charge in [0.25, 0.3) is 0 Å². The Morgan fingerprint density at radius 3 is 2.88 bits per heavy atom. The number of hydrogen-bond acceptors (Lipinski definition) is 2. The Labute approximate surface area is 105 Å². The highest BCUT2D eigenvalue weighted by Gasteiger charge is 2.25. The quantitative estimate of drug-likeness (QED) is 0.743. The van der Waals surface area contributed by atoms with Crippen molar-refractivity contribution < 1.29 is 9.47 Å². The summed E-state index contributed by atoms with van der Waals surface area (Å²) in [5.41, 5.74) is 1.24. The van der Waals surface area contributed by atoms with E-state index in [0.29, 0.717) is 12.7 Å². The van der Waals surface area contributed by atoms with E-state index < -0.39 is 0 Å². The molecule has 2 nitrogen and oxygen atoms in total. The van der Waals surface area contributed by atoms with Crippen LogP contribution in [-0.4, -0.2) is 19.3 Å². The number of rotatable bonds is 6. The van der Waals surface area contributed by atoms with Gasteiger partial charge >= 0.3 is 0 Å². The van der Waals surface area contributed by atoms with E-state index in [0.717, 1.165) is 23.9 Å². The van der Waals surface area contributed by atoms with E-state index in [1.54, 1.807) is 0 Å². The van der Waals surface area contributed by atoms with Crippen LogP contribution in [0.25, 0.3) is 0 Å². The molecule has 1 saturated heterocycles. The van der Waals surface area contributed by atoms with Gasteiger partial charge in [-0.15, -0.1) is 0 Å². The second kappa shape index (κ2) is 5.80. The van der Waals surface area contributed by atoms with Crippen LogP contribution >= 0.6 is 15.9 Å². The molecule has 0 amide bonds. The van der Waals surface area contributed by atoms with Gasteiger partial charge in [0.1, 0.15) is 6.10 Å². The van der Waals surface area contributed by atoms with Gasteiger partial charge in [0.15, 0.2) is 0 Å². The third-order valence-electron chi connectivity index (χ3n) is 2.69. The normalized spacial score (nSPS) is 20.8. The molecule has 1 fully saturated rings. The standard InChI is InChI=1S/C13H17BrO2/c1-2-5-13(16-9-10-8-15-10)11-6-3-4-7-12(11)14/h3-4,6-7,10,13H,2,5,8-9H2,1H3. The molecule has 16 heavy (non-hydrogen) atoms. The fourth-order valence-electron chi connectivity index (χ4n) is 1.71. The minimum atomic E-state index is 0.185. The van der Waals surface area contributed by atoms with Gasteiger partial charge in [-0.3, -0.25) is 0 Å². The Kier molecular flexibility index (Phi) is 4.38. The van der Waals surface area contributed by atoms with Crippen molar-refractivity contribution in [2.45, 2.75) is 32.0 Å². The maximum absolute atomic E-state index is 5.92. The van der Waals surface area contributed by atoms with Crippen molar-refractivity contribution in [3.63, 3.8) is 0 Å². The molecule has 0 spiro atoms. The maximum atomic E-state index is 5.92. The summed E-state index contributed by atoms with van der Waals surface area (Å²) >= 11 is 3.58. The largest absolute Gasteiger partial charge is 0.371 e. The van der Waals surface area contributed by atoms with Crippen LogP contribution in [0.15, 0.2) is 28.7 Å². The van der Waals surface area contributed by atoms with Crippen molar-refractivity contribution in [2.75, 3.05) is 13.2 Å². The van der Waals surface area contributed by atoms with Crippen LogP contribution in [0.5, 0.6) is 0 Å². The molecule has 2 rings (SSSR count). The minimum Gasteiger partial charge on any atom is -0.371 e. The molecule has 0 aliphatic carbocycles. The Balaban J connectivity index is 2.01. The molecule has 0 aromatic heterocycles. The average molecular weight is 285 g/mol. The van der Waals surface area contributed by atoms with Gasteiger partial charge in [0.05, 0.1) is 19.3 Å². The second-order valence-corrected chi connectivity index (χ2v) is 4.94. The molecule has 0 saturated carbocycles. The van der Waals surface area contributed by atoms with Crippen molar-refractivity contribution in [3.05, 3.63) is 34.3 Å². The zero-order valence-electron chi connectivity index (χ0n) is 9.49. The lowest BCUT2D eigenvalue weighted by Gasteiger charge is -2.18. The molecule has 0 radical (unpaired) electrons. The zero-order chi connectivity index (χ0) is 11.4. The SMILES string of the molecule is CCCC(OCC1CO1)c1ccccc1Br. The van der Waals surface area contributed by atoms with Crippen LogP contribution in [0.1, 0.15) is 31.4 Å². The van der Waals surface area contributed by atoms with Gasteiger partial charge in [-0.2, -0.15) is 0 Å². The number of epoxide rings is 1. The lowest BCUT2D eigenvalue weighted by atomic mass is 10.1. The number of halogens is 1. The first-order valence-corrected chi connectivity index (χ1v) is 6.58. The average Bonchev–Trinajstić information content (AvgIpc) is 3.09. The third-order valence-corrected chi connectivity index (χ3v) is 3.41. The molecule has 1 aliphatic heterocycles. The molecule has 1 heterocycles. The molecule has 1 aliphatic rings. The van der Waals surface area contributed by atoms with Crippen LogP contribution in [0.4, 0.5) is 0 Å². The van der Waals surface area contributed by atoms with Gasteiger partial charge in [-0.05, 0) is 18.1 Å². The summed E-state index contributed by atoms with van der Waals surface area (Å²) in [5.74, 6) is 0. The van der Waals surface area contributed by atoms with Crippen molar-refractivity contribution in [1.29, 1.82) is 0 Å². The lowest BCUT2D eigenvalue weighted by molar-refractivity contribution is 0.0354. The second-order valence-electron chi connectivity index (χ2n) is 4.09. The van der Waals surface area contributed by atoms with E-state index >= 15 is 0 Å². The molecule has 2 unspecified atom stereocenters. The molecule has 0 N–H and O–H groups in total. The molecule has 1 aromatic carbocycles. The maximum Gasteiger partial charge on any atom is 0.104 e. The first kappa shape index (κ1) is 12.1. The van der Waals surface area contributed by atoms with Gasteiger partial charge in [0.2, 0.25) is 0 Å². The van der Waals surface area contributed by atoms with Crippen LogP contribution in [0, 0.1) is 0 Å². The fraction of sp³-hybridized carbons (Fsp3) is 0.538. The molecular weight excluding hydrogens is 268 g/mol. The van der Waals surface area contributed by atoms with E-state index in [9.17, 15) is 0 Å². The number of benzene rings is 1. The van der Waals surface area contributed by atoms with Crippen LogP contribution < -0.4 is 0 Å². The third kappa shape index (κ3) is 3.30. The highest BCUT2D eigenvalue weighted by Crippen LogP contribution is 2.30. The van der Waals surface area contributed by atoms with E-state index in [4.69, 9.17) is 9.47 Å². The Hall–Kier alpha value is -0.380. The predicted molar refractivity (Wildman–Crippen MR) is 67.5 cm³/mol. The summed E-state index contributed by atoms with van der Waals surface area (Å²) in [6.45, 7) is 3.75. The van der Waals surface area contributed by atoms with Gasteiger partial charge in [-0.1, -0.05) is 47.5 Å². The van der Waals surface area contributed by atoms with E-state index in [1.165, 1.54) is 5.56 Å². The first-order chi connectivity index (χ1) is 7.81. The smallest absolute Gasteiger partial charge is 0.104 e. The molecule has 0 bridgehead atoms. The molecule has 88 valence electrons. The Bertz CT molecular complexity index is 336. The highest BCUT2D eigenvalue weighted by atomic mass is 79.9. The highest BCUT2D eigenvalue weighted by molar-refractivity contribution is 9.10. The Morgan fingerprint density at radius 1 is 1.50 bits per heavy atom. The summed E-state index contributed by atoms with van der Waals surface area (Å²) in [4.78, 5) is 0. The number of ether oxygens (including phenoxy) is 2. The van der Waals surface area contributed by atoms with Gasteiger partial charge < -0.3 is 9.47 Å². The zero-order valence-corrected chi connectivity index (χ0v) is 11.1. The topological polar surface area (TPSA) is 21.8 Å². The Morgan fingerprint density at radius 2 is 2.25 bits per heavy atom. The monoisotopic (exact) mass is 284 g/mol. The van der Waals surface area contributed by atoms with E-state index in [-0.39, 0.29) is 6.10 Å². The van der Waals surface area contributed by atoms with Crippen LogP contribution in [0.2, 0.25) is 0 Å². The van der Waals surface area contributed by atoms with E-state index in [1.807, 2.05) is 6.07 Å². The van der Waals surface area contributed by atoms with Crippen molar-refractivity contribution in [2.24, 2.45) is 0 Å². The van der Waals surface area contributed by atoms with Crippen LogP contribution in [0.3, 0.4) is 0 Å². The van der Waals surface area contributed by atoms with Crippen molar-refractivity contribution in [3.8, 4) is 0 Å². The molecule has 1 aromatic rings. The summed E-state index contributed by atoms with van der Waals surface area (Å²) in [7, 11) is 0. The molecule has 3 heteroatoms. The molecule has 2 atom stereocenters. The lowest BCUT2D eigenvalue weighted by Crippen LogP contribution is -2.09.